The summed E-state index contributed by atoms with van der Waals surface area (Å²) in [6.45, 7) is 7.33. The van der Waals surface area contributed by atoms with E-state index in [9.17, 15) is 13.2 Å². The van der Waals surface area contributed by atoms with E-state index in [0.717, 1.165) is 16.7 Å². The normalized spacial score (nSPS) is 11.9. The third-order valence-corrected chi connectivity index (χ3v) is 5.60. The average Bonchev–Trinajstić information content (AvgIpc) is 2.70. The van der Waals surface area contributed by atoms with Crippen molar-refractivity contribution in [1.29, 1.82) is 0 Å². The van der Waals surface area contributed by atoms with E-state index >= 15 is 0 Å². The zero-order valence-electron chi connectivity index (χ0n) is 18.0. The summed E-state index contributed by atoms with van der Waals surface area (Å²) in [7, 11) is -1.91. The molecule has 3 N–H and O–H groups in total. The Balaban J connectivity index is 1.79. The fraction of sp³-hybridized carbons (Fsp3) is 0.409. The summed E-state index contributed by atoms with van der Waals surface area (Å²) in [4.78, 5) is 12.1. The third-order valence-electron chi connectivity index (χ3n) is 4.26. The second-order valence-corrected chi connectivity index (χ2v) is 9.96. The first-order chi connectivity index (χ1) is 14.1. The molecular formula is C22H31N3O4S. The van der Waals surface area contributed by atoms with Gasteiger partial charge in [0.25, 0.3) is 0 Å². The van der Waals surface area contributed by atoms with Crippen LogP contribution in [0.3, 0.4) is 0 Å². The molecule has 0 aliphatic rings. The van der Waals surface area contributed by atoms with Crippen LogP contribution in [-0.2, 0) is 40.2 Å². The van der Waals surface area contributed by atoms with Gasteiger partial charge < -0.3 is 15.4 Å². The minimum Gasteiger partial charge on any atom is -0.371 e. The molecular weight excluding hydrogens is 402 g/mol. The predicted molar refractivity (Wildman–Crippen MR) is 118 cm³/mol. The number of rotatable bonds is 9. The van der Waals surface area contributed by atoms with E-state index in [4.69, 9.17) is 4.74 Å². The van der Waals surface area contributed by atoms with E-state index in [1.54, 1.807) is 24.3 Å². The summed E-state index contributed by atoms with van der Waals surface area (Å²) >= 11 is 0. The third kappa shape index (κ3) is 8.94. The van der Waals surface area contributed by atoms with Crippen molar-refractivity contribution in [3.63, 3.8) is 0 Å². The largest absolute Gasteiger partial charge is 0.371 e. The number of sulfonamides is 1. The molecule has 8 heteroatoms. The van der Waals surface area contributed by atoms with Crippen LogP contribution >= 0.6 is 0 Å². The topological polar surface area (TPSA) is 96.5 Å². The number of urea groups is 1. The molecule has 7 nitrogen and oxygen atoms in total. The fourth-order valence-electron chi connectivity index (χ4n) is 2.60. The maximum Gasteiger partial charge on any atom is 0.315 e. The van der Waals surface area contributed by atoms with Gasteiger partial charge >= 0.3 is 6.03 Å². The van der Waals surface area contributed by atoms with Gasteiger partial charge in [0.15, 0.2) is 0 Å². The van der Waals surface area contributed by atoms with Crippen LogP contribution in [0.4, 0.5) is 4.79 Å². The van der Waals surface area contributed by atoms with Gasteiger partial charge in [-0.05, 0) is 50.1 Å². The average molecular weight is 434 g/mol. The van der Waals surface area contributed by atoms with E-state index < -0.39 is 10.0 Å². The minimum atomic E-state index is -3.30. The van der Waals surface area contributed by atoms with Crippen LogP contribution in [0.1, 0.15) is 43.0 Å². The van der Waals surface area contributed by atoms with E-state index in [1.165, 1.54) is 7.05 Å². The van der Waals surface area contributed by atoms with Gasteiger partial charge in [-0.1, -0.05) is 48.5 Å². The molecule has 30 heavy (non-hydrogen) atoms. The number of nitrogens with one attached hydrogen (secondary N) is 3. The number of amides is 2. The van der Waals surface area contributed by atoms with Crippen molar-refractivity contribution in [3.8, 4) is 0 Å². The number of benzene rings is 2. The summed E-state index contributed by atoms with van der Waals surface area (Å²) in [6.07, 6.45) is 0. The van der Waals surface area contributed by atoms with Gasteiger partial charge in [0.1, 0.15) is 0 Å². The van der Waals surface area contributed by atoms with E-state index in [0.29, 0.717) is 25.3 Å². The van der Waals surface area contributed by atoms with Crippen LogP contribution in [0.15, 0.2) is 48.5 Å². The Hall–Kier alpha value is -2.42. The standard InChI is InChI=1S/C22H31N3O4S/c1-22(2,3)29-15-20-7-5-6-19(12-20)14-25-21(26)24-13-17-8-10-18(11-9-17)16-30(27,28)23-4/h5-12,23H,13-16H2,1-4H3,(H2,24,25,26). The van der Waals surface area contributed by atoms with Gasteiger partial charge in [0, 0.05) is 13.1 Å². The first-order valence-corrected chi connectivity index (χ1v) is 11.4. The van der Waals surface area contributed by atoms with Crippen molar-refractivity contribution in [2.75, 3.05) is 7.05 Å². The van der Waals surface area contributed by atoms with Crippen molar-refractivity contribution in [1.82, 2.24) is 15.4 Å². The van der Waals surface area contributed by atoms with Crippen LogP contribution in [0.5, 0.6) is 0 Å². The zero-order chi connectivity index (χ0) is 22.2. The number of hydrogen-bond acceptors (Lipinski definition) is 4. The number of carbonyl (C=O) groups excluding carboxylic acids is 1. The Bertz CT molecular complexity index is 936. The maximum absolute atomic E-state index is 12.1. The fourth-order valence-corrected chi connectivity index (χ4v) is 3.38. The molecule has 2 rings (SSSR count). The maximum atomic E-state index is 12.1. The van der Waals surface area contributed by atoms with E-state index in [2.05, 4.69) is 15.4 Å². The van der Waals surface area contributed by atoms with Crippen LogP contribution in [-0.4, -0.2) is 27.1 Å². The first-order valence-electron chi connectivity index (χ1n) is 9.79. The lowest BCUT2D eigenvalue weighted by atomic mass is 10.1. The van der Waals surface area contributed by atoms with Gasteiger partial charge in [-0.2, -0.15) is 0 Å². The van der Waals surface area contributed by atoms with Crippen molar-refractivity contribution in [3.05, 3.63) is 70.8 Å². The molecule has 0 radical (unpaired) electrons. The molecule has 0 aromatic heterocycles. The second-order valence-electron chi connectivity index (χ2n) is 8.04. The van der Waals surface area contributed by atoms with Crippen molar-refractivity contribution in [2.45, 2.75) is 51.8 Å². The lowest BCUT2D eigenvalue weighted by Gasteiger charge is -2.19. The first kappa shape index (κ1) is 23.9. The van der Waals surface area contributed by atoms with Crippen LogP contribution < -0.4 is 15.4 Å². The molecule has 0 aliphatic carbocycles. The Morgan fingerprint density at radius 3 is 2.07 bits per heavy atom. The molecule has 2 aromatic carbocycles. The van der Waals surface area contributed by atoms with Gasteiger partial charge in [0.2, 0.25) is 10.0 Å². The molecule has 0 heterocycles. The Labute approximate surface area is 179 Å². The Morgan fingerprint density at radius 1 is 0.900 bits per heavy atom. The van der Waals surface area contributed by atoms with Gasteiger partial charge in [-0.3, -0.25) is 0 Å². The quantitative estimate of drug-likeness (QED) is 0.566. The zero-order valence-corrected chi connectivity index (χ0v) is 18.8. The summed E-state index contributed by atoms with van der Waals surface area (Å²) in [5.74, 6) is -0.0719. The van der Waals surface area contributed by atoms with Crippen LogP contribution in [0, 0.1) is 0 Å². The molecule has 2 amide bonds. The molecule has 0 saturated heterocycles. The molecule has 0 atom stereocenters. The highest BCUT2D eigenvalue weighted by molar-refractivity contribution is 7.88. The smallest absolute Gasteiger partial charge is 0.315 e. The Morgan fingerprint density at radius 2 is 1.47 bits per heavy atom. The van der Waals surface area contributed by atoms with Crippen molar-refractivity contribution >= 4 is 16.1 Å². The molecule has 164 valence electrons. The van der Waals surface area contributed by atoms with Gasteiger partial charge in [-0.25, -0.2) is 17.9 Å². The SMILES string of the molecule is CNS(=O)(=O)Cc1ccc(CNC(=O)NCc2cccc(COC(C)(C)C)c2)cc1. The predicted octanol–water partition coefficient (Wildman–Crippen LogP) is 3.05. The molecule has 0 aliphatic heterocycles. The lowest BCUT2D eigenvalue weighted by Crippen LogP contribution is -2.34. The monoisotopic (exact) mass is 433 g/mol. The molecule has 0 spiro atoms. The molecule has 0 fully saturated rings. The molecule has 0 saturated carbocycles. The van der Waals surface area contributed by atoms with E-state index in [-0.39, 0.29) is 17.4 Å². The van der Waals surface area contributed by atoms with Gasteiger partial charge in [0.05, 0.1) is 18.0 Å². The highest BCUT2D eigenvalue weighted by atomic mass is 32.2. The molecule has 0 unspecified atom stereocenters. The molecule has 0 bridgehead atoms. The summed E-state index contributed by atoms with van der Waals surface area (Å²) in [5.41, 5.74) is 3.43. The second kappa shape index (κ2) is 10.6. The van der Waals surface area contributed by atoms with E-state index in [1.807, 2.05) is 45.0 Å². The number of hydrogen-bond donors (Lipinski definition) is 3. The summed E-state index contributed by atoms with van der Waals surface area (Å²) in [6, 6.07) is 14.8. The minimum absolute atomic E-state index is 0.0719. The van der Waals surface area contributed by atoms with Crippen molar-refractivity contribution in [2.24, 2.45) is 0 Å². The van der Waals surface area contributed by atoms with Gasteiger partial charge in [-0.15, -0.1) is 0 Å². The Kier molecular flexibility index (Phi) is 8.40. The van der Waals surface area contributed by atoms with Crippen LogP contribution in [0.2, 0.25) is 0 Å². The van der Waals surface area contributed by atoms with Crippen molar-refractivity contribution < 1.29 is 17.9 Å². The number of carbonyl (C=O) groups is 1. The van der Waals surface area contributed by atoms with Crippen LogP contribution in [0.25, 0.3) is 0 Å². The summed E-state index contributed by atoms with van der Waals surface area (Å²) in [5, 5.41) is 5.64. The molecule has 2 aromatic rings. The highest BCUT2D eigenvalue weighted by Crippen LogP contribution is 2.13. The lowest BCUT2D eigenvalue weighted by molar-refractivity contribution is -0.0149. The highest BCUT2D eigenvalue weighted by Gasteiger charge is 2.11. The number of ether oxygens (including phenoxy) is 1. The summed E-state index contributed by atoms with van der Waals surface area (Å²) < 4.78 is 31.2.